The van der Waals surface area contributed by atoms with Crippen molar-refractivity contribution in [2.75, 3.05) is 6.61 Å². The van der Waals surface area contributed by atoms with Crippen molar-refractivity contribution in [2.45, 2.75) is 38.3 Å². The summed E-state index contributed by atoms with van der Waals surface area (Å²) in [5, 5.41) is 12.3. The van der Waals surface area contributed by atoms with Crippen LogP contribution in [-0.2, 0) is 4.79 Å². The highest BCUT2D eigenvalue weighted by Gasteiger charge is 2.39. The Morgan fingerprint density at radius 2 is 2.26 bits per heavy atom. The number of hydrogen-bond donors (Lipinski definition) is 2. The third-order valence-corrected chi connectivity index (χ3v) is 3.24. The van der Waals surface area contributed by atoms with Gasteiger partial charge in [-0.15, -0.1) is 0 Å². The van der Waals surface area contributed by atoms with Crippen molar-refractivity contribution >= 4 is 5.97 Å². The van der Waals surface area contributed by atoms with Gasteiger partial charge in [0.2, 0.25) is 0 Å². The lowest BCUT2D eigenvalue weighted by Crippen LogP contribution is -2.54. The number of nitrogens with one attached hydrogen (secondary N) is 1. The van der Waals surface area contributed by atoms with Crippen LogP contribution in [0.5, 0.6) is 5.75 Å². The molecule has 1 atom stereocenters. The van der Waals surface area contributed by atoms with Gasteiger partial charge in [0.15, 0.2) is 0 Å². The van der Waals surface area contributed by atoms with Crippen LogP contribution >= 0.6 is 0 Å². The van der Waals surface area contributed by atoms with Crippen LogP contribution in [0.3, 0.4) is 0 Å². The predicted molar refractivity (Wildman–Crippen MR) is 68.8 cm³/mol. The Bertz CT molecular complexity index is 488. The summed E-state index contributed by atoms with van der Waals surface area (Å²) in [4.78, 5) is 11.3. The Morgan fingerprint density at radius 3 is 2.79 bits per heavy atom. The zero-order valence-corrected chi connectivity index (χ0v) is 11.1. The maximum Gasteiger partial charge on any atom is 0.327 e. The first-order valence-electron chi connectivity index (χ1n) is 6.31. The summed E-state index contributed by atoms with van der Waals surface area (Å²) < 4.78 is 18.8. The molecule has 1 unspecified atom stereocenters. The first kappa shape index (κ1) is 13.8. The van der Waals surface area contributed by atoms with Gasteiger partial charge in [-0.3, -0.25) is 10.1 Å². The molecular formula is C14H18FNO3. The summed E-state index contributed by atoms with van der Waals surface area (Å²) in [6.45, 7) is 3.20. The molecule has 0 amide bonds. The van der Waals surface area contributed by atoms with E-state index in [0.29, 0.717) is 11.3 Å². The van der Waals surface area contributed by atoms with Gasteiger partial charge in [0.1, 0.15) is 23.7 Å². The lowest BCUT2D eigenvalue weighted by molar-refractivity contribution is -0.145. The molecule has 1 aromatic carbocycles. The minimum Gasteiger partial charge on any atom is -0.491 e. The fourth-order valence-electron chi connectivity index (χ4n) is 1.73. The molecule has 4 nitrogen and oxygen atoms in total. The average molecular weight is 267 g/mol. The van der Waals surface area contributed by atoms with E-state index in [9.17, 15) is 14.3 Å². The predicted octanol–water partition coefficient (Wildman–Crippen LogP) is 2.11. The van der Waals surface area contributed by atoms with Crippen LogP contribution in [0.25, 0.3) is 0 Å². The van der Waals surface area contributed by atoms with Crippen LogP contribution in [0, 0.1) is 12.7 Å². The minimum atomic E-state index is -1.15. The summed E-state index contributed by atoms with van der Waals surface area (Å²) in [7, 11) is 0. The summed E-state index contributed by atoms with van der Waals surface area (Å²) in [6, 6.07) is 4.77. The van der Waals surface area contributed by atoms with E-state index in [4.69, 9.17) is 4.74 Å². The highest BCUT2D eigenvalue weighted by atomic mass is 19.1. The lowest BCUT2D eigenvalue weighted by Gasteiger charge is -2.26. The standard InChI is InChI=1S/C14H18FNO3/c1-9-3-6-11(7-12(9)15)19-8-14(2,13(17)18)16-10-4-5-10/h3,6-7,10,16H,4-5,8H2,1-2H3,(H,17,18). The summed E-state index contributed by atoms with van der Waals surface area (Å²) in [5.74, 6) is -0.982. The number of carboxylic acids is 1. The molecule has 1 saturated carbocycles. The van der Waals surface area contributed by atoms with Crippen molar-refractivity contribution in [1.29, 1.82) is 0 Å². The largest absolute Gasteiger partial charge is 0.491 e. The Morgan fingerprint density at radius 1 is 1.58 bits per heavy atom. The number of aryl methyl sites for hydroxylation is 1. The van der Waals surface area contributed by atoms with Gasteiger partial charge in [-0.1, -0.05) is 6.07 Å². The molecular weight excluding hydrogens is 249 g/mol. The van der Waals surface area contributed by atoms with E-state index in [1.54, 1.807) is 26.0 Å². The smallest absolute Gasteiger partial charge is 0.327 e. The second kappa shape index (κ2) is 5.17. The topological polar surface area (TPSA) is 58.6 Å². The Labute approximate surface area is 111 Å². The molecule has 19 heavy (non-hydrogen) atoms. The average Bonchev–Trinajstić information content (AvgIpc) is 3.14. The van der Waals surface area contributed by atoms with Gasteiger partial charge in [-0.2, -0.15) is 0 Å². The van der Waals surface area contributed by atoms with Crippen LogP contribution in [0.1, 0.15) is 25.3 Å². The molecule has 1 fully saturated rings. The minimum absolute atomic E-state index is 0.0403. The van der Waals surface area contributed by atoms with Crippen molar-refractivity contribution in [3.63, 3.8) is 0 Å². The molecule has 1 aromatic rings. The molecule has 0 heterocycles. The molecule has 0 spiro atoms. The van der Waals surface area contributed by atoms with Crippen molar-refractivity contribution < 1.29 is 19.0 Å². The number of hydrogen-bond acceptors (Lipinski definition) is 3. The number of rotatable bonds is 6. The van der Waals surface area contributed by atoms with E-state index >= 15 is 0 Å². The van der Waals surface area contributed by atoms with Crippen molar-refractivity contribution in [1.82, 2.24) is 5.32 Å². The summed E-state index contributed by atoms with van der Waals surface area (Å²) >= 11 is 0. The number of ether oxygens (including phenoxy) is 1. The quantitative estimate of drug-likeness (QED) is 0.828. The van der Waals surface area contributed by atoms with E-state index in [0.717, 1.165) is 12.8 Å². The molecule has 5 heteroatoms. The number of aliphatic carboxylic acids is 1. The number of carbonyl (C=O) groups is 1. The lowest BCUT2D eigenvalue weighted by atomic mass is 10.0. The zero-order valence-electron chi connectivity index (χ0n) is 11.1. The maximum absolute atomic E-state index is 13.4. The SMILES string of the molecule is Cc1ccc(OCC(C)(NC2CC2)C(=O)O)cc1F. The maximum atomic E-state index is 13.4. The fourth-order valence-corrected chi connectivity index (χ4v) is 1.73. The number of carboxylic acid groups (broad SMARTS) is 1. The van der Waals surface area contributed by atoms with Gasteiger partial charge >= 0.3 is 5.97 Å². The molecule has 1 aliphatic carbocycles. The molecule has 2 N–H and O–H groups in total. The fraction of sp³-hybridized carbons (Fsp3) is 0.500. The summed E-state index contributed by atoms with van der Waals surface area (Å²) in [5.41, 5.74) is -0.618. The number of halogens is 1. The molecule has 0 saturated heterocycles. The van der Waals surface area contributed by atoms with Crippen molar-refractivity contribution in [2.24, 2.45) is 0 Å². The molecule has 2 rings (SSSR count). The molecule has 0 aliphatic heterocycles. The van der Waals surface area contributed by atoms with E-state index in [1.807, 2.05) is 0 Å². The van der Waals surface area contributed by atoms with Gasteiger partial charge in [-0.25, -0.2) is 4.39 Å². The highest BCUT2D eigenvalue weighted by Crippen LogP contribution is 2.24. The molecule has 0 bridgehead atoms. The highest BCUT2D eigenvalue weighted by molar-refractivity contribution is 5.78. The first-order valence-corrected chi connectivity index (χ1v) is 6.31. The Balaban J connectivity index is 2.01. The first-order chi connectivity index (χ1) is 8.90. The van der Waals surface area contributed by atoms with Gasteiger partial charge in [0.05, 0.1) is 0 Å². The van der Waals surface area contributed by atoms with Crippen LogP contribution < -0.4 is 10.1 Å². The van der Waals surface area contributed by atoms with Gasteiger partial charge in [0, 0.05) is 12.1 Å². The molecule has 0 aromatic heterocycles. The third kappa shape index (κ3) is 3.44. The Kier molecular flexibility index (Phi) is 3.75. The molecule has 104 valence electrons. The zero-order chi connectivity index (χ0) is 14.0. The molecule has 0 radical (unpaired) electrons. The van der Waals surface area contributed by atoms with Gasteiger partial charge in [-0.05, 0) is 38.3 Å². The van der Waals surface area contributed by atoms with Gasteiger partial charge in [0.25, 0.3) is 0 Å². The van der Waals surface area contributed by atoms with Crippen LogP contribution in [-0.4, -0.2) is 29.3 Å². The third-order valence-electron chi connectivity index (χ3n) is 3.24. The van der Waals surface area contributed by atoms with Crippen LogP contribution in [0.4, 0.5) is 4.39 Å². The van der Waals surface area contributed by atoms with E-state index in [2.05, 4.69) is 5.32 Å². The van der Waals surface area contributed by atoms with E-state index < -0.39 is 11.5 Å². The van der Waals surface area contributed by atoms with Crippen LogP contribution in [0.15, 0.2) is 18.2 Å². The second-order valence-electron chi connectivity index (χ2n) is 5.26. The Hall–Kier alpha value is -1.62. The number of benzene rings is 1. The summed E-state index contributed by atoms with van der Waals surface area (Å²) in [6.07, 6.45) is 1.98. The monoisotopic (exact) mass is 267 g/mol. The molecule has 1 aliphatic rings. The van der Waals surface area contributed by atoms with E-state index in [-0.39, 0.29) is 18.5 Å². The second-order valence-corrected chi connectivity index (χ2v) is 5.26. The van der Waals surface area contributed by atoms with Crippen molar-refractivity contribution in [3.05, 3.63) is 29.6 Å². The van der Waals surface area contributed by atoms with Gasteiger partial charge < -0.3 is 9.84 Å². The normalized spacial score (nSPS) is 17.8. The van der Waals surface area contributed by atoms with E-state index in [1.165, 1.54) is 6.07 Å². The van der Waals surface area contributed by atoms with Crippen molar-refractivity contribution in [3.8, 4) is 5.75 Å². The van der Waals surface area contributed by atoms with Crippen LogP contribution in [0.2, 0.25) is 0 Å².